The Hall–Kier alpha value is -0.570. The summed E-state index contributed by atoms with van der Waals surface area (Å²) in [5.41, 5.74) is -0.369. The predicted octanol–water partition coefficient (Wildman–Crippen LogP) is 2.25. The van der Waals surface area contributed by atoms with Gasteiger partial charge in [0.15, 0.2) is 0 Å². The lowest BCUT2D eigenvalue weighted by Crippen LogP contribution is -2.40. The highest BCUT2D eigenvalue weighted by Gasteiger charge is 2.39. The van der Waals surface area contributed by atoms with Crippen LogP contribution in [0.1, 0.15) is 52.9 Å². The van der Waals surface area contributed by atoms with Crippen molar-refractivity contribution in [3.8, 4) is 0 Å². The first-order chi connectivity index (χ1) is 7.46. The first kappa shape index (κ1) is 11.9. The van der Waals surface area contributed by atoms with E-state index in [1.807, 2.05) is 20.8 Å². The molecule has 0 aromatic heterocycles. The molecule has 0 unspecified atom stereocenters. The minimum atomic E-state index is -0.369. The van der Waals surface area contributed by atoms with Crippen LogP contribution in [0.4, 0.5) is 0 Å². The van der Waals surface area contributed by atoms with Crippen molar-refractivity contribution in [2.45, 2.75) is 70.6 Å². The number of hydrogen-bond donors (Lipinski definition) is 1. The number of hydrogen-bond acceptors (Lipinski definition) is 3. The van der Waals surface area contributed by atoms with Crippen LogP contribution < -0.4 is 5.32 Å². The minimum absolute atomic E-state index is 0.0627. The molecular weight excluding hydrogens is 202 g/mol. The molecule has 0 radical (unpaired) electrons. The van der Waals surface area contributed by atoms with Crippen molar-refractivity contribution in [3.63, 3.8) is 0 Å². The first-order valence-corrected chi connectivity index (χ1v) is 6.44. The van der Waals surface area contributed by atoms with Crippen molar-refractivity contribution in [3.05, 3.63) is 0 Å². The highest BCUT2D eigenvalue weighted by molar-refractivity contribution is 5.76. The Balaban J connectivity index is 1.90. The van der Waals surface area contributed by atoms with Gasteiger partial charge in [0, 0.05) is 6.04 Å². The average molecular weight is 225 g/mol. The summed E-state index contributed by atoms with van der Waals surface area (Å²) in [6, 6.07) is 0.499. The molecule has 1 saturated heterocycles. The molecule has 1 aliphatic carbocycles. The van der Waals surface area contributed by atoms with Gasteiger partial charge in [-0.25, -0.2) is 0 Å². The number of nitrogens with one attached hydrogen (secondary N) is 1. The van der Waals surface area contributed by atoms with E-state index >= 15 is 0 Å². The topological polar surface area (TPSA) is 38.3 Å². The number of rotatable bonds is 1. The lowest BCUT2D eigenvalue weighted by molar-refractivity contribution is -0.157. The van der Waals surface area contributed by atoms with Gasteiger partial charge in [-0.15, -0.1) is 0 Å². The number of esters is 1. The smallest absolute Gasteiger partial charge is 0.323 e. The Bertz CT molecular complexity index is 256. The van der Waals surface area contributed by atoms with E-state index in [0.717, 1.165) is 6.42 Å². The summed E-state index contributed by atoms with van der Waals surface area (Å²) in [6.45, 7) is 5.77. The average Bonchev–Trinajstić information content (AvgIpc) is 2.58. The molecule has 0 amide bonds. The minimum Gasteiger partial charge on any atom is -0.459 e. The Kier molecular flexibility index (Phi) is 3.24. The molecule has 1 aliphatic heterocycles. The van der Waals surface area contributed by atoms with E-state index in [0.29, 0.717) is 12.0 Å². The zero-order chi connectivity index (χ0) is 11.8. The number of carbonyl (C=O) groups is 1. The van der Waals surface area contributed by atoms with Gasteiger partial charge in [-0.2, -0.15) is 0 Å². The maximum Gasteiger partial charge on any atom is 0.323 e. The third-order valence-electron chi connectivity index (χ3n) is 3.55. The van der Waals surface area contributed by atoms with E-state index < -0.39 is 0 Å². The van der Waals surface area contributed by atoms with Crippen LogP contribution in [0.3, 0.4) is 0 Å². The van der Waals surface area contributed by atoms with Crippen molar-refractivity contribution < 1.29 is 9.53 Å². The SMILES string of the molecule is CC(C)(C)OC(=O)[C@H]1C[C@@H]2CCCC[C@@H]2N1. The molecule has 0 bridgehead atoms. The summed E-state index contributed by atoms with van der Waals surface area (Å²) in [4.78, 5) is 11.9. The molecule has 16 heavy (non-hydrogen) atoms. The number of fused-ring (bicyclic) bond motifs is 1. The van der Waals surface area contributed by atoms with Gasteiger partial charge in [0.05, 0.1) is 0 Å². The Morgan fingerprint density at radius 1 is 1.25 bits per heavy atom. The predicted molar refractivity (Wildman–Crippen MR) is 63.1 cm³/mol. The van der Waals surface area contributed by atoms with Crippen molar-refractivity contribution in [1.29, 1.82) is 0 Å². The van der Waals surface area contributed by atoms with Crippen molar-refractivity contribution in [1.82, 2.24) is 5.32 Å². The lowest BCUT2D eigenvalue weighted by atomic mass is 9.85. The highest BCUT2D eigenvalue weighted by atomic mass is 16.6. The second-order valence-electron chi connectivity index (χ2n) is 6.14. The maximum absolute atomic E-state index is 11.9. The Morgan fingerprint density at radius 3 is 2.56 bits per heavy atom. The van der Waals surface area contributed by atoms with Gasteiger partial charge >= 0.3 is 5.97 Å². The molecule has 3 nitrogen and oxygen atoms in total. The van der Waals surface area contributed by atoms with Crippen molar-refractivity contribution in [2.24, 2.45) is 5.92 Å². The van der Waals surface area contributed by atoms with Gasteiger partial charge in [-0.1, -0.05) is 12.8 Å². The van der Waals surface area contributed by atoms with Gasteiger partial charge in [0.1, 0.15) is 11.6 Å². The zero-order valence-corrected chi connectivity index (χ0v) is 10.6. The van der Waals surface area contributed by atoms with E-state index in [-0.39, 0.29) is 17.6 Å². The molecule has 0 spiro atoms. The molecule has 2 aliphatic rings. The summed E-state index contributed by atoms with van der Waals surface area (Å²) in [7, 11) is 0. The summed E-state index contributed by atoms with van der Waals surface area (Å²) >= 11 is 0. The fourth-order valence-corrected chi connectivity index (χ4v) is 2.88. The molecule has 3 heteroatoms. The van der Waals surface area contributed by atoms with Gasteiger partial charge in [-0.3, -0.25) is 4.79 Å². The molecule has 3 atom stereocenters. The lowest BCUT2D eigenvalue weighted by Gasteiger charge is -2.24. The Labute approximate surface area is 97.9 Å². The van der Waals surface area contributed by atoms with E-state index in [2.05, 4.69) is 5.32 Å². The molecule has 0 aromatic carbocycles. The zero-order valence-electron chi connectivity index (χ0n) is 10.6. The molecule has 1 saturated carbocycles. The molecule has 0 aromatic rings. The maximum atomic E-state index is 11.9. The van der Waals surface area contributed by atoms with E-state index in [1.165, 1.54) is 25.7 Å². The van der Waals surface area contributed by atoms with Crippen LogP contribution in [0.15, 0.2) is 0 Å². The number of carbonyl (C=O) groups excluding carboxylic acids is 1. The summed E-state index contributed by atoms with van der Waals surface area (Å²) in [5.74, 6) is 0.633. The molecule has 1 N–H and O–H groups in total. The van der Waals surface area contributed by atoms with Crippen molar-refractivity contribution >= 4 is 5.97 Å². The van der Waals surface area contributed by atoms with E-state index in [9.17, 15) is 4.79 Å². The molecule has 2 fully saturated rings. The molecule has 2 rings (SSSR count). The normalized spacial score (nSPS) is 34.6. The first-order valence-electron chi connectivity index (χ1n) is 6.44. The van der Waals surface area contributed by atoms with Crippen LogP contribution in [-0.4, -0.2) is 23.7 Å². The van der Waals surface area contributed by atoms with Crippen molar-refractivity contribution in [2.75, 3.05) is 0 Å². The van der Waals surface area contributed by atoms with Crippen LogP contribution in [0.25, 0.3) is 0 Å². The van der Waals surface area contributed by atoms with Crippen LogP contribution in [0.5, 0.6) is 0 Å². The monoisotopic (exact) mass is 225 g/mol. The summed E-state index contributed by atoms with van der Waals surface area (Å²) < 4.78 is 5.43. The quantitative estimate of drug-likeness (QED) is 0.696. The second-order valence-corrected chi connectivity index (χ2v) is 6.14. The van der Waals surface area contributed by atoms with E-state index in [1.54, 1.807) is 0 Å². The molecule has 92 valence electrons. The van der Waals surface area contributed by atoms with Crippen LogP contribution in [-0.2, 0) is 9.53 Å². The van der Waals surface area contributed by atoms with Gasteiger partial charge < -0.3 is 10.1 Å². The largest absolute Gasteiger partial charge is 0.459 e. The summed E-state index contributed by atoms with van der Waals surface area (Å²) in [6.07, 6.45) is 6.10. The van der Waals surface area contributed by atoms with Gasteiger partial charge in [0.2, 0.25) is 0 Å². The Morgan fingerprint density at radius 2 is 1.94 bits per heavy atom. The van der Waals surface area contributed by atoms with Crippen LogP contribution in [0, 0.1) is 5.92 Å². The fourth-order valence-electron chi connectivity index (χ4n) is 2.88. The summed E-state index contributed by atoms with van der Waals surface area (Å²) in [5, 5.41) is 3.44. The third kappa shape index (κ3) is 2.76. The standard InChI is InChI=1S/C13H23NO2/c1-13(2,3)16-12(15)11-8-9-6-4-5-7-10(9)14-11/h9-11,14H,4-8H2,1-3H3/t9-,10-,11+/m0/s1. The van der Waals surface area contributed by atoms with Crippen LogP contribution in [0.2, 0.25) is 0 Å². The van der Waals surface area contributed by atoms with Gasteiger partial charge in [0.25, 0.3) is 0 Å². The number of ether oxygens (including phenoxy) is 1. The van der Waals surface area contributed by atoms with Crippen LogP contribution >= 0.6 is 0 Å². The van der Waals surface area contributed by atoms with E-state index in [4.69, 9.17) is 4.74 Å². The second kappa shape index (κ2) is 4.36. The molecule has 1 heterocycles. The fraction of sp³-hybridized carbons (Fsp3) is 0.923. The molecular formula is C13H23NO2. The highest BCUT2D eigenvalue weighted by Crippen LogP contribution is 2.33. The third-order valence-corrected chi connectivity index (χ3v) is 3.55. The van der Waals surface area contributed by atoms with Gasteiger partial charge in [-0.05, 0) is 46.0 Å².